The van der Waals surface area contributed by atoms with E-state index in [1.807, 2.05) is 42.1 Å². The molecule has 1 saturated carbocycles. The average molecular weight is 288 g/mol. The maximum Gasteiger partial charge on any atom is 0.342 e. The van der Waals surface area contributed by atoms with Crippen LogP contribution in [0.1, 0.15) is 30.9 Å². The molecular formula is C16H16O3S. The molecule has 0 unspecified atom stereocenters. The Balaban J connectivity index is 1.69. The van der Waals surface area contributed by atoms with Crippen LogP contribution in [0.4, 0.5) is 0 Å². The van der Waals surface area contributed by atoms with Crippen LogP contribution < -0.4 is 0 Å². The van der Waals surface area contributed by atoms with Crippen LogP contribution in [-0.4, -0.2) is 22.3 Å². The summed E-state index contributed by atoms with van der Waals surface area (Å²) in [7, 11) is 0. The molecule has 2 aliphatic heterocycles. The highest BCUT2D eigenvalue weighted by molar-refractivity contribution is 8.01. The molecule has 0 amide bonds. The van der Waals surface area contributed by atoms with Crippen LogP contribution in [0, 0.1) is 0 Å². The van der Waals surface area contributed by atoms with E-state index in [2.05, 4.69) is 12.2 Å². The molecular weight excluding hydrogens is 272 g/mol. The molecule has 3 atom stereocenters. The molecule has 1 saturated heterocycles. The van der Waals surface area contributed by atoms with E-state index in [9.17, 15) is 4.79 Å². The predicted octanol–water partition coefficient (Wildman–Crippen LogP) is 3.22. The lowest BCUT2D eigenvalue weighted by molar-refractivity contribution is -0.180. The van der Waals surface area contributed by atoms with Crippen molar-refractivity contribution in [3.8, 4) is 0 Å². The van der Waals surface area contributed by atoms with Gasteiger partial charge in [0.15, 0.2) is 6.10 Å². The first-order valence-corrected chi connectivity index (χ1v) is 8.01. The lowest BCUT2D eigenvalue weighted by atomic mass is 10.0. The molecule has 1 aromatic carbocycles. The summed E-state index contributed by atoms with van der Waals surface area (Å²) in [6, 6.07) is 9.62. The van der Waals surface area contributed by atoms with Crippen LogP contribution in [0.2, 0.25) is 0 Å². The van der Waals surface area contributed by atoms with Crippen LogP contribution in [0.15, 0.2) is 42.5 Å². The molecule has 0 bridgehead atoms. The Hall–Kier alpha value is -1.26. The van der Waals surface area contributed by atoms with E-state index in [-0.39, 0.29) is 10.7 Å². The van der Waals surface area contributed by atoms with Crippen LogP contribution in [-0.2, 0) is 14.3 Å². The number of carbonyl (C=O) groups excluding carboxylic acids is 1. The highest BCUT2D eigenvalue weighted by atomic mass is 32.2. The van der Waals surface area contributed by atoms with E-state index in [1.54, 1.807) is 0 Å². The molecule has 1 aromatic rings. The lowest BCUT2D eigenvalue weighted by Gasteiger charge is -2.36. The molecule has 104 valence electrons. The topological polar surface area (TPSA) is 35.5 Å². The minimum atomic E-state index is -0.762. The lowest BCUT2D eigenvalue weighted by Crippen LogP contribution is -2.46. The zero-order chi connectivity index (χ0) is 13.6. The van der Waals surface area contributed by atoms with E-state index in [4.69, 9.17) is 9.47 Å². The molecule has 2 fully saturated rings. The first kappa shape index (κ1) is 12.5. The quantitative estimate of drug-likeness (QED) is 0.587. The largest absolute Gasteiger partial charge is 0.429 e. The molecule has 0 aromatic heterocycles. The zero-order valence-electron chi connectivity index (χ0n) is 11.1. The van der Waals surface area contributed by atoms with E-state index < -0.39 is 11.9 Å². The summed E-state index contributed by atoms with van der Waals surface area (Å²) in [6.45, 7) is 0. The molecule has 0 N–H and O–H groups in total. The highest BCUT2D eigenvalue weighted by Crippen LogP contribution is 2.58. The van der Waals surface area contributed by atoms with Gasteiger partial charge in [-0.05, 0) is 18.4 Å². The maximum absolute atomic E-state index is 12.3. The van der Waals surface area contributed by atoms with Crippen molar-refractivity contribution in [2.45, 2.75) is 35.9 Å². The van der Waals surface area contributed by atoms with Crippen molar-refractivity contribution < 1.29 is 14.3 Å². The molecule has 4 rings (SSSR count). The predicted molar refractivity (Wildman–Crippen MR) is 77.3 cm³/mol. The normalized spacial score (nSPS) is 39.0. The van der Waals surface area contributed by atoms with E-state index >= 15 is 0 Å². The molecule has 1 aliphatic carbocycles. The first-order chi connectivity index (χ1) is 9.75. The van der Waals surface area contributed by atoms with Gasteiger partial charge in [-0.1, -0.05) is 42.5 Å². The molecule has 3 nitrogen and oxygen atoms in total. The number of carbonyl (C=O) groups is 1. The van der Waals surface area contributed by atoms with Gasteiger partial charge in [-0.15, -0.1) is 11.8 Å². The third-order valence-corrected chi connectivity index (χ3v) is 5.94. The Morgan fingerprint density at radius 3 is 2.80 bits per heavy atom. The number of fused-ring (bicyclic) bond motifs is 1. The van der Waals surface area contributed by atoms with Crippen LogP contribution in [0.5, 0.6) is 0 Å². The minimum absolute atomic E-state index is 0.174. The number of thioether (sulfide) groups is 1. The fraction of sp³-hybridized carbons (Fsp3) is 0.438. The summed E-state index contributed by atoms with van der Waals surface area (Å²) in [5.74, 6) is -0.0423. The van der Waals surface area contributed by atoms with Crippen molar-refractivity contribution in [1.29, 1.82) is 0 Å². The second-order valence-electron chi connectivity index (χ2n) is 5.54. The monoisotopic (exact) mass is 288 g/mol. The van der Waals surface area contributed by atoms with Crippen molar-refractivity contribution in [2.24, 2.45) is 0 Å². The summed E-state index contributed by atoms with van der Waals surface area (Å²) < 4.78 is 11.8. The number of ether oxygens (including phenoxy) is 2. The second kappa shape index (κ2) is 4.37. The summed E-state index contributed by atoms with van der Waals surface area (Å²) in [4.78, 5) is 12.3. The van der Waals surface area contributed by atoms with Gasteiger partial charge < -0.3 is 9.47 Å². The van der Waals surface area contributed by atoms with Crippen molar-refractivity contribution >= 4 is 17.7 Å². The molecule has 2 heterocycles. The second-order valence-corrected chi connectivity index (χ2v) is 6.89. The maximum atomic E-state index is 12.3. The third kappa shape index (κ3) is 1.61. The van der Waals surface area contributed by atoms with Gasteiger partial charge in [-0.2, -0.15) is 0 Å². The SMILES string of the molecule is O=C1O[C@]2(CCC[C@@]23C=CCS3)O[C@@H]1c1ccccc1. The number of hydrogen-bond donors (Lipinski definition) is 0. The van der Waals surface area contributed by atoms with Gasteiger partial charge in [-0.25, -0.2) is 4.79 Å². The van der Waals surface area contributed by atoms with Crippen molar-refractivity contribution in [2.75, 3.05) is 5.75 Å². The van der Waals surface area contributed by atoms with E-state index in [0.717, 1.165) is 30.6 Å². The van der Waals surface area contributed by atoms with Crippen LogP contribution >= 0.6 is 11.8 Å². The van der Waals surface area contributed by atoms with Gasteiger partial charge in [0.05, 0.1) is 4.75 Å². The van der Waals surface area contributed by atoms with Crippen molar-refractivity contribution in [3.63, 3.8) is 0 Å². The average Bonchev–Trinajstić information content (AvgIpc) is 3.15. The third-order valence-electron chi connectivity index (χ3n) is 4.41. The Bertz CT molecular complexity index is 570. The smallest absolute Gasteiger partial charge is 0.342 e. The van der Waals surface area contributed by atoms with Crippen molar-refractivity contribution in [3.05, 3.63) is 48.0 Å². The number of esters is 1. The van der Waals surface area contributed by atoms with Gasteiger partial charge in [0, 0.05) is 12.2 Å². The molecule has 3 aliphatic rings. The Kier molecular flexibility index (Phi) is 2.72. The fourth-order valence-electron chi connectivity index (χ4n) is 3.47. The Morgan fingerprint density at radius 1 is 1.20 bits per heavy atom. The van der Waals surface area contributed by atoms with Gasteiger partial charge in [-0.3, -0.25) is 0 Å². The number of benzene rings is 1. The first-order valence-electron chi connectivity index (χ1n) is 7.02. The van der Waals surface area contributed by atoms with Gasteiger partial charge in [0.25, 0.3) is 0 Å². The zero-order valence-corrected chi connectivity index (χ0v) is 11.9. The fourth-order valence-corrected chi connectivity index (χ4v) is 4.85. The van der Waals surface area contributed by atoms with Gasteiger partial charge in [0.1, 0.15) is 0 Å². The van der Waals surface area contributed by atoms with Gasteiger partial charge >= 0.3 is 5.97 Å². The van der Waals surface area contributed by atoms with Crippen molar-refractivity contribution in [1.82, 2.24) is 0 Å². The standard InChI is InChI=1S/C16H16O3S/c17-14-13(12-6-2-1-3-7-12)18-16(19-14)10-4-8-15(16)9-5-11-20-15/h1-3,5-7,9,13H,4,8,10-11H2/t13-,15-,16+/m1/s1. The summed E-state index contributed by atoms with van der Waals surface area (Å²) in [5.41, 5.74) is 0.878. The summed E-state index contributed by atoms with van der Waals surface area (Å²) in [6.07, 6.45) is 6.60. The van der Waals surface area contributed by atoms with E-state index in [1.165, 1.54) is 0 Å². The number of hydrogen-bond acceptors (Lipinski definition) is 4. The summed E-state index contributed by atoms with van der Waals surface area (Å²) in [5, 5.41) is 0. The van der Waals surface area contributed by atoms with E-state index in [0.29, 0.717) is 0 Å². The van der Waals surface area contributed by atoms with Crippen LogP contribution in [0.3, 0.4) is 0 Å². The minimum Gasteiger partial charge on any atom is -0.429 e. The molecule has 2 spiro atoms. The summed E-state index contributed by atoms with van der Waals surface area (Å²) >= 11 is 1.83. The van der Waals surface area contributed by atoms with Crippen LogP contribution in [0.25, 0.3) is 0 Å². The highest BCUT2D eigenvalue weighted by Gasteiger charge is 2.64. The van der Waals surface area contributed by atoms with Gasteiger partial charge in [0.2, 0.25) is 5.79 Å². The number of rotatable bonds is 1. The molecule has 4 heteroatoms. The Labute approximate surface area is 122 Å². The molecule has 0 radical (unpaired) electrons. The Morgan fingerprint density at radius 2 is 2.05 bits per heavy atom. The molecule has 20 heavy (non-hydrogen) atoms.